The SMILES string of the molecule is CC1(C)CCC(CN2CCN(c3ccc(C(=O)NS(=O)(=O)c4ccc(OC[C@@H]5CN(CC#N)CCO5)c(Cl)c4)c(Oc4cnc5[nH]ccc5c4)c3)CC2)=C(c2ccc(Cl)cc2)C1. The molecule has 0 radical (unpaired) electrons. The number of morpholine rings is 1. The molecule has 0 bridgehead atoms. The summed E-state index contributed by atoms with van der Waals surface area (Å²) in [5, 5.41) is 10.6. The average molecular weight is 899 g/mol. The lowest BCUT2D eigenvalue weighted by Gasteiger charge is -2.39. The van der Waals surface area contributed by atoms with Crippen molar-refractivity contribution in [2.24, 2.45) is 5.41 Å². The number of H-pyrrole nitrogens is 1. The molecule has 2 fully saturated rings. The van der Waals surface area contributed by atoms with E-state index in [2.05, 4.69) is 56.5 Å². The second kappa shape index (κ2) is 18.7. The van der Waals surface area contributed by atoms with E-state index in [9.17, 15) is 13.2 Å². The molecule has 16 heteroatoms. The molecule has 1 aliphatic carbocycles. The Labute approximate surface area is 372 Å². The van der Waals surface area contributed by atoms with Crippen molar-refractivity contribution >= 4 is 61.4 Å². The highest BCUT2D eigenvalue weighted by Gasteiger charge is 2.30. The minimum Gasteiger partial charge on any atom is -0.489 e. The molecule has 1 amide bonds. The number of piperazine rings is 1. The highest BCUT2D eigenvalue weighted by atomic mass is 35.5. The number of nitrogens with zero attached hydrogens (tertiary/aromatic N) is 5. The lowest BCUT2D eigenvalue weighted by molar-refractivity contribution is -0.0441. The molecule has 2 saturated heterocycles. The number of benzene rings is 3. The number of sulfonamides is 1. The van der Waals surface area contributed by atoms with Crippen molar-refractivity contribution in [1.82, 2.24) is 24.5 Å². The number of aromatic amines is 1. The van der Waals surface area contributed by atoms with Crippen molar-refractivity contribution in [2.75, 3.05) is 70.5 Å². The van der Waals surface area contributed by atoms with Gasteiger partial charge in [0, 0.05) is 74.2 Å². The van der Waals surface area contributed by atoms with Crippen LogP contribution < -0.4 is 19.1 Å². The Hall–Kier alpha value is -5.14. The van der Waals surface area contributed by atoms with E-state index in [-0.39, 0.29) is 45.1 Å². The number of carbonyl (C=O) groups is 1. The summed E-state index contributed by atoms with van der Waals surface area (Å²) < 4.78 is 47.4. The van der Waals surface area contributed by atoms with Gasteiger partial charge in [0.15, 0.2) is 0 Å². The van der Waals surface area contributed by atoms with Crippen LogP contribution in [0.5, 0.6) is 17.2 Å². The first-order chi connectivity index (χ1) is 29.8. The zero-order valence-electron chi connectivity index (χ0n) is 34.7. The van der Waals surface area contributed by atoms with E-state index in [1.165, 1.54) is 34.9 Å². The molecular weight excluding hydrogens is 850 g/mol. The number of nitrogens with one attached hydrogen (secondary N) is 2. The Kier molecular flexibility index (Phi) is 13.1. The van der Waals surface area contributed by atoms with E-state index in [4.69, 9.17) is 42.7 Å². The highest BCUT2D eigenvalue weighted by molar-refractivity contribution is 7.90. The molecule has 0 unspecified atom stereocenters. The Balaban J connectivity index is 0.971. The van der Waals surface area contributed by atoms with Crippen molar-refractivity contribution in [1.29, 1.82) is 5.26 Å². The van der Waals surface area contributed by atoms with Crippen LogP contribution in [0, 0.1) is 16.7 Å². The maximum absolute atomic E-state index is 13.9. The van der Waals surface area contributed by atoms with Crippen molar-refractivity contribution in [3.63, 3.8) is 0 Å². The van der Waals surface area contributed by atoms with Crippen LogP contribution in [0.15, 0.2) is 95.7 Å². The van der Waals surface area contributed by atoms with E-state index >= 15 is 0 Å². The van der Waals surface area contributed by atoms with Gasteiger partial charge in [-0.1, -0.05) is 54.8 Å². The number of halogens is 2. The van der Waals surface area contributed by atoms with Gasteiger partial charge in [-0.25, -0.2) is 18.1 Å². The summed E-state index contributed by atoms with van der Waals surface area (Å²) >= 11 is 12.7. The van der Waals surface area contributed by atoms with Crippen LogP contribution in [0.1, 0.15) is 49.0 Å². The summed E-state index contributed by atoms with van der Waals surface area (Å²) in [7, 11) is -4.39. The molecule has 8 rings (SSSR count). The fourth-order valence-electron chi connectivity index (χ4n) is 8.29. The molecule has 2 N–H and O–H groups in total. The number of carbonyl (C=O) groups excluding carboxylic acids is 1. The lowest BCUT2D eigenvalue weighted by atomic mass is 9.72. The Morgan fingerprint density at radius 3 is 2.58 bits per heavy atom. The number of fused-ring (bicyclic) bond motifs is 1. The number of pyridine rings is 1. The first kappa shape index (κ1) is 43.5. The second-order valence-electron chi connectivity index (χ2n) is 16.8. The monoisotopic (exact) mass is 897 g/mol. The minimum atomic E-state index is -4.39. The average Bonchev–Trinajstić information content (AvgIpc) is 3.73. The first-order valence-electron chi connectivity index (χ1n) is 20.7. The first-order valence-corrected chi connectivity index (χ1v) is 23.0. The van der Waals surface area contributed by atoms with Gasteiger partial charge in [-0.15, -0.1) is 0 Å². The van der Waals surface area contributed by atoms with E-state index in [1.807, 2.05) is 29.2 Å². The van der Waals surface area contributed by atoms with Crippen molar-refractivity contribution in [3.8, 4) is 23.3 Å². The largest absolute Gasteiger partial charge is 0.489 e. The molecule has 324 valence electrons. The number of hydrogen-bond donors (Lipinski definition) is 2. The van der Waals surface area contributed by atoms with Gasteiger partial charge in [-0.2, -0.15) is 5.26 Å². The van der Waals surface area contributed by atoms with E-state index in [0.717, 1.165) is 68.1 Å². The Bertz CT molecular complexity index is 2620. The summed E-state index contributed by atoms with van der Waals surface area (Å²) in [5.41, 5.74) is 5.93. The highest BCUT2D eigenvalue weighted by Crippen LogP contribution is 2.43. The molecule has 1 atom stereocenters. The lowest BCUT2D eigenvalue weighted by Crippen LogP contribution is -2.47. The van der Waals surface area contributed by atoms with Gasteiger partial charge in [0.25, 0.3) is 15.9 Å². The zero-order valence-corrected chi connectivity index (χ0v) is 37.0. The second-order valence-corrected chi connectivity index (χ2v) is 19.3. The third kappa shape index (κ3) is 10.4. The molecule has 3 aliphatic rings. The van der Waals surface area contributed by atoms with E-state index < -0.39 is 15.9 Å². The van der Waals surface area contributed by atoms with Gasteiger partial charge < -0.3 is 24.1 Å². The maximum Gasteiger partial charge on any atom is 0.268 e. The number of rotatable bonds is 13. The van der Waals surface area contributed by atoms with Crippen LogP contribution in [0.4, 0.5) is 5.69 Å². The summed E-state index contributed by atoms with van der Waals surface area (Å²) in [4.78, 5) is 27.9. The number of allylic oxidation sites excluding steroid dienone is 1. The standard InChI is InChI=1S/C46H49Cl2N7O6S/c1-46(2)13-11-33(40(26-46)31-3-5-34(47)6-4-31)28-54-17-19-55(20-18-54)35-7-9-39(43(24-35)61-36-23-32-12-15-50-44(32)51-27-36)45(56)52-62(57,58)38-8-10-42(41(48)25-38)60-30-37-29-53(16-14-49)21-22-59-37/h3-10,12,15,23-25,27,37H,11,13,16-22,26,28-30H2,1-2H3,(H,50,51)(H,52,56)/t37-/m0/s1. The normalized spacial score (nSPS) is 18.7. The molecular formula is C46H49Cl2N7O6S. The Morgan fingerprint density at radius 1 is 1.00 bits per heavy atom. The predicted octanol–water partition coefficient (Wildman–Crippen LogP) is 8.17. The molecule has 2 aliphatic heterocycles. The topological polar surface area (TPSA) is 153 Å². The van der Waals surface area contributed by atoms with Crippen LogP contribution in [0.25, 0.3) is 16.6 Å². The summed E-state index contributed by atoms with van der Waals surface area (Å²) in [6, 6.07) is 23.2. The summed E-state index contributed by atoms with van der Waals surface area (Å²) in [6.45, 7) is 10.9. The van der Waals surface area contributed by atoms with Crippen LogP contribution in [-0.2, 0) is 14.8 Å². The third-order valence-corrected chi connectivity index (χ3v) is 13.6. The van der Waals surface area contributed by atoms with Gasteiger partial charge in [0.1, 0.15) is 35.6 Å². The molecule has 3 aromatic carbocycles. The van der Waals surface area contributed by atoms with E-state index in [1.54, 1.807) is 30.6 Å². The smallest absolute Gasteiger partial charge is 0.268 e. The van der Waals surface area contributed by atoms with Crippen molar-refractivity contribution < 1.29 is 27.4 Å². The zero-order chi connectivity index (χ0) is 43.4. The number of anilines is 1. The number of amides is 1. The predicted molar refractivity (Wildman–Crippen MR) is 241 cm³/mol. The molecule has 62 heavy (non-hydrogen) atoms. The fraction of sp³-hybridized carbons (Fsp3) is 0.370. The third-order valence-electron chi connectivity index (χ3n) is 11.7. The van der Waals surface area contributed by atoms with Gasteiger partial charge in [-0.05, 0) is 90.4 Å². The molecule has 4 heterocycles. The van der Waals surface area contributed by atoms with Gasteiger partial charge in [-0.3, -0.25) is 14.6 Å². The van der Waals surface area contributed by atoms with Crippen molar-refractivity contribution in [2.45, 2.75) is 44.1 Å². The molecule has 13 nitrogen and oxygen atoms in total. The van der Waals surface area contributed by atoms with Gasteiger partial charge >= 0.3 is 0 Å². The van der Waals surface area contributed by atoms with Crippen LogP contribution in [-0.4, -0.2) is 106 Å². The maximum atomic E-state index is 13.9. The number of hydrogen-bond acceptors (Lipinski definition) is 11. The van der Waals surface area contributed by atoms with Crippen LogP contribution in [0.3, 0.4) is 0 Å². The van der Waals surface area contributed by atoms with Gasteiger partial charge in [0.2, 0.25) is 0 Å². The number of nitriles is 1. The van der Waals surface area contributed by atoms with Crippen LogP contribution in [0.2, 0.25) is 10.0 Å². The number of ether oxygens (including phenoxy) is 3. The van der Waals surface area contributed by atoms with Crippen LogP contribution >= 0.6 is 23.2 Å². The summed E-state index contributed by atoms with van der Waals surface area (Å²) in [5.74, 6) is -0.0525. The van der Waals surface area contributed by atoms with Crippen molar-refractivity contribution in [3.05, 3.63) is 112 Å². The van der Waals surface area contributed by atoms with E-state index in [0.29, 0.717) is 37.6 Å². The molecule has 2 aromatic heterocycles. The quantitative estimate of drug-likeness (QED) is 0.110. The summed E-state index contributed by atoms with van der Waals surface area (Å²) in [6.07, 6.45) is 6.27. The number of aromatic nitrogens is 2. The Morgan fingerprint density at radius 2 is 1.81 bits per heavy atom. The minimum absolute atomic E-state index is 0.0241. The van der Waals surface area contributed by atoms with Gasteiger partial charge in [0.05, 0.1) is 40.9 Å². The molecule has 0 saturated carbocycles. The molecule has 0 spiro atoms. The molecule has 5 aromatic rings. The fourth-order valence-corrected chi connectivity index (χ4v) is 9.71.